The highest BCUT2D eigenvalue weighted by atomic mass is 31.2. The standard InChI is InChI=1S/C3H7O4P.H3O2P/c1-2-3-7-8(4,5)6;1-3-2/h2H,1,3H2,(H2,4,5,6);3H2,(H,1,2). The van der Waals surface area contributed by atoms with Crippen molar-refractivity contribution in [2.45, 2.75) is 0 Å². The van der Waals surface area contributed by atoms with Gasteiger partial charge in [-0.3, -0.25) is 9.09 Å². The highest BCUT2D eigenvalue weighted by Crippen LogP contribution is 2.35. The lowest BCUT2D eigenvalue weighted by atomic mass is 10.7. The zero-order valence-corrected chi connectivity index (χ0v) is 7.63. The summed E-state index contributed by atoms with van der Waals surface area (Å²) in [5.41, 5.74) is 0. The molecule has 0 saturated heterocycles. The maximum atomic E-state index is 9.81. The third-order valence-electron chi connectivity index (χ3n) is 0.361. The van der Waals surface area contributed by atoms with Gasteiger partial charge in [-0.05, 0) is 0 Å². The largest absolute Gasteiger partial charge is 0.469 e. The van der Waals surface area contributed by atoms with Gasteiger partial charge in [0, 0.05) is 0 Å². The SMILES string of the molecule is C=CCOP(=O)(O)O.O=[PH2]O. The molecule has 0 spiro atoms. The molecular formula is C3H10O6P2. The van der Waals surface area contributed by atoms with Crippen molar-refractivity contribution < 1.29 is 28.3 Å². The second-order valence-electron chi connectivity index (χ2n) is 1.18. The van der Waals surface area contributed by atoms with Gasteiger partial charge in [0.25, 0.3) is 0 Å². The Hall–Kier alpha value is 0.0400. The second-order valence-corrected chi connectivity index (χ2v) is 2.63. The summed E-state index contributed by atoms with van der Waals surface area (Å²) in [6.07, 6.45) is 1.26. The monoisotopic (exact) mass is 204 g/mol. The number of hydrogen-bond donors (Lipinski definition) is 3. The minimum atomic E-state index is -4.25. The summed E-state index contributed by atoms with van der Waals surface area (Å²) in [5, 5.41) is 0. The third kappa shape index (κ3) is 25.5. The molecule has 0 amide bonds. The van der Waals surface area contributed by atoms with Gasteiger partial charge in [-0.25, -0.2) is 4.57 Å². The number of phosphoric acid groups is 1. The Labute approximate surface area is 65.0 Å². The topological polar surface area (TPSA) is 104 Å². The number of rotatable bonds is 3. The van der Waals surface area contributed by atoms with E-state index in [9.17, 15) is 4.57 Å². The molecule has 0 fully saturated rings. The van der Waals surface area contributed by atoms with Crippen molar-refractivity contribution in [3.8, 4) is 0 Å². The van der Waals surface area contributed by atoms with E-state index in [4.69, 9.17) is 19.2 Å². The molecule has 1 unspecified atom stereocenters. The summed E-state index contributed by atoms with van der Waals surface area (Å²) in [6, 6.07) is 0. The van der Waals surface area contributed by atoms with E-state index in [0.29, 0.717) is 0 Å². The maximum absolute atomic E-state index is 9.81. The van der Waals surface area contributed by atoms with Gasteiger partial charge in [-0.15, -0.1) is 6.58 Å². The fraction of sp³-hybridized carbons (Fsp3) is 0.333. The van der Waals surface area contributed by atoms with E-state index in [1.807, 2.05) is 0 Å². The highest BCUT2D eigenvalue weighted by molar-refractivity contribution is 7.46. The smallest absolute Gasteiger partial charge is 0.348 e. The minimum Gasteiger partial charge on any atom is -0.348 e. The first kappa shape index (κ1) is 13.6. The average Bonchev–Trinajstić information content (AvgIpc) is 1.84. The Morgan fingerprint density at radius 2 is 2.00 bits per heavy atom. The Kier molecular flexibility index (Phi) is 10.1. The van der Waals surface area contributed by atoms with Crippen molar-refractivity contribution in [1.82, 2.24) is 0 Å². The zero-order valence-electron chi connectivity index (χ0n) is 5.58. The lowest BCUT2D eigenvalue weighted by molar-refractivity contribution is 0.216. The molecule has 8 heteroatoms. The molecule has 0 aliphatic heterocycles. The molecule has 11 heavy (non-hydrogen) atoms. The molecule has 0 aromatic heterocycles. The van der Waals surface area contributed by atoms with Crippen LogP contribution in [-0.2, 0) is 13.7 Å². The van der Waals surface area contributed by atoms with Crippen LogP contribution in [0.4, 0.5) is 0 Å². The van der Waals surface area contributed by atoms with Gasteiger partial charge in [-0.2, -0.15) is 0 Å². The minimum absolute atomic E-state index is 0.121. The number of hydrogen-bond acceptors (Lipinski definition) is 3. The van der Waals surface area contributed by atoms with Gasteiger partial charge >= 0.3 is 7.82 Å². The normalized spacial score (nSPS) is 10.8. The number of phosphoric ester groups is 1. The van der Waals surface area contributed by atoms with Crippen LogP contribution in [0.1, 0.15) is 0 Å². The average molecular weight is 204 g/mol. The molecule has 0 radical (unpaired) electrons. The van der Waals surface area contributed by atoms with E-state index >= 15 is 0 Å². The Bertz CT molecular complexity index is 150. The van der Waals surface area contributed by atoms with Gasteiger partial charge in [0.2, 0.25) is 0 Å². The lowest BCUT2D eigenvalue weighted by Crippen LogP contribution is -1.86. The molecule has 0 rings (SSSR count). The molecule has 6 nitrogen and oxygen atoms in total. The quantitative estimate of drug-likeness (QED) is 0.439. The summed E-state index contributed by atoms with van der Waals surface area (Å²) >= 11 is 0. The van der Waals surface area contributed by atoms with Crippen LogP contribution in [0.2, 0.25) is 0 Å². The van der Waals surface area contributed by atoms with Crippen LogP contribution in [0.5, 0.6) is 0 Å². The van der Waals surface area contributed by atoms with Crippen molar-refractivity contribution in [1.29, 1.82) is 0 Å². The Morgan fingerprint density at radius 3 is 2.09 bits per heavy atom. The Balaban J connectivity index is 0. The first-order valence-corrected chi connectivity index (χ1v) is 4.88. The van der Waals surface area contributed by atoms with Gasteiger partial charge in [0.15, 0.2) is 8.69 Å². The van der Waals surface area contributed by atoms with E-state index in [1.54, 1.807) is 0 Å². The van der Waals surface area contributed by atoms with Crippen LogP contribution in [-0.4, -0.2) is 21.3 Å². The van der Waals surface area contributed by atoms with Gasteiger partial charge in [0.05, 0.1) is 6.61 Å². The second kappa shape index (κ2) is 8.14. The first-order chi connectivity index (χ1) is 4.97. The van der Waals surface area contributed by atoms with E-state index in [1.165, 1.54) is 6.08 Å². The van der Waals surface area contributed by atoms with Crippen LogP contribution < -0.4 is 0 Å². The summed E-state index contributed by atoms with van der Waals surface area (Å²) in [5.74, 6) is 0. The summed E-state index contributed by atoms with van der Waals surface area (Å²) < 4.78 is 22.3. The molecule has 1 atom stereocenters. The van der Waals surface area contributed by atoms with Crippen molar-refractivity contribution in [3.63, 3.8) is 0 Å². The summed E-state index contributed by atoms with van der Waals surface area (Å²) in [7, 11) is -5.75. The first-order valence-electron chi connectivity index (χ1n) is 2.36. The van der Waals surface area contributed by atoms with Gasteiger partial charge in [-0.1, -0.05) is 6.08 Å². The van der Waals surface area contributed by atoms with Crippen molar-refractivity contribution in [2.24, 2.45) is 0 Å². The van der Waals surface area contributed by atoms with Crippen LogP contribution >= 0.6 is 16.5 Å². The van der Waals surface area contributed by atoms with Gasteiger partial charge in [0.1, 0.15) is 0 Å². The molecule has 0 aromatic rings. The lowest BCUT2D eigenvalue weighted by Gasteiger charge is -1.98. The molecule has 0 bridgehead atoms. The molecule has 0 aliphatic carbocycles. The Morgan fingerprint density at radius 1 is 1.64 bits per heavy atom. The molecule has 0 saturated carbocycles. The third-order valence-corrected chi connectivity index (χ3v) is 0.846. The predicted molar refractivity (Wildman–Crippen MR) is 40.8 cm³/mol. The van der Waals surface area contributed by atoms with E-state index in [-0.39, 0.29) is 6.61 Å². The van der Waals surface area contributed by atoms with Crippen LogP contribution in [0.15, 0.2) is 12.7 Å². The molecular weight excluding hydrogens is 194 g/mol. The molecule has 68 valence electrons. The molecule has 0 heterocycles. The summed E-state index contributed by atoms with van der Waals surface area (Å²) in [4.78, 5) is 23.1. The highest BCUT2D eigenvalue weighted by Gasteiger charge is 2.10. The molecule has 3 N–H and O–H groups in total. The van der Waals surface area contributed by atoms with Crippen LogP contribution in [0.3, 0.4) is 0 Å². The van der Waals surface area contributed by atoms with Crippen molar-refractivity contribution >= 4 is 16.5 Å². The molecule has 0 aromatic carbocycles. The van der Waals surface area contributed by atoms with Crippen molar-refractivity contribution in [2.75, 3.05) is 6.61 Å². The van der Waals surface area contributed by atoms with Crippen molar-refractivity contribution in [3.05, 3.63) is 12.7 Å². The van der Waals surface area contributed by atoms with E-state index in [0.717, 1.165) is 0 Å². The maximum Gasteiger partial charge on any atom is 0.469 e. The van der Waals surface area contributed by atoms with Gasteiger partial charge < -0.3 is 14.7 Å². The fourth-order valence-electron chi connectivity index (χ4n) is 0.150. The fourth-order valence-corrected chi connectivity index (χ4v) is 0.449. The van der Waals surface area contributed by atoms with E-state index < -0.39 is 16.5 Å². The summed E-state index contributed by atoms with van der Waals surface area (Å²) in [6.45, 7) is 3.07. The van der Waals surface area contributed by atoms with Crippen LogP contribution in [0, 0.1) is 0 Å². The zero-order chi connectivity index (χ0) is 9.33. The van der Waals surface area contributed by atoms with E-state index in [2.05, 4.69) is 11.1 Å². The van der Waals surface area contributed by atoms with Crippen LogP contribution in [0.25, 0.3) is 0 Å². The predicted octanol–water partition coefficient (Wildman–Crippen LogP) is -0.0683. The molecule has 0 aliphatic rings.